The van der Waals surface area contributed by atoms with Gasteiger partial charge >= 0.3 is 0 Å². The first-order valence-corrected chi connectivity index (χ1v) is 11.5. The van der Waals surface area contributed by atoms with Gasteiger partial charge in [-0.2, -0.15) is 5.26 Å². The zero-order valence-electron chi connectivity index (χ0n) is 16.7. The van der Waals surface area contributed by atoms with E-state index in [2.05, 4.69) is 20.7 Å². The largest absolute Gasteiger partial charge is 0.506 e. The number of hydrogen-bond acceptors (Lipinski definition) is 4. The average molecular weight is 477 g/mol. The first-order valence-electron chi connectivity index (χ1n) is 9.23. The lowest BCUT2D eigenvalue weighted by atomic mass is 9.85. The van der Waals surface area contributed by atoms with E-state index in [0.29, 0.717) is 22.0 Å². The molecule has 2 aromatic rings. The molecule has 0 aliphatic rings. The highest BCUT2D eigenvalue weighted by Gasteiger charge is 2.22. The summed E-state index contributed by atoms with van der Waals surface area (Å²) < 4.78 is 28.0. The molecule has 0 radical (unpaired) electrons. The lowest BCUT2D eigenvalue weighted by Gasteiger charge is -2.21. The molecule has 2 aromatic carbocycles. The van der Waals surface area contributed by atoms with Crippen molar-refractivity contribution in [1.29, 1.82) is 5.26 Å². The maximum atomic E-state index is 12.5. The highest BCUT2D eigenvalue weighted by Crippen LogP contribution is 2.37. The smallest absolute Gasteiger partial charge is 0.250 e. The standard InChI is InChI=1S/C22H25BrN2O3S/c1-22(2,3)19-13-17(14-20(23)21(19)26)12-18(15-24)29(27,28)25-11-7-10-16-8-5-4-6-9-16/h4-6,8-9,12-14,25-26H,7,10-11H2,1-3H3/b18-12-. The van der Waals surface area contributed by atoms with Crippen molar-refractivity contribution in [3.05, 3.63) is 68.5 Å². The normalized spacial score (nSPS) is 12.6. The van der Waals surface area contributed by atoms with Crippen molar-refractivity contribution in [2.24, 2.45) is 0 Å². The number of aryl methyl sites for hydroxylation is 1. The minimum Gasteiger partial charge on any atom is -0.506 e. The molecule has 0 saturated carbocycles. The summed E-state index contributed by atoms with van der Waals surface area (Å²) in [5.74, 6) is 0.107. The van der Waals surface area contributed by atoms with E-state index >= 15 is 0 Å². The van der Waals surface area contributed by atoms with E-state index in [1.807, 2.05) is 51.1 Å². The Labute approximate surface area is 181 Å². The molecule has 2 N–H and O–H groups in total. The number of sulfonamides is 1. The molecule has 0 heterocycles. The van der Waals surface area contributed by atoms with E-state index in [1.54, 1.807) is 18.2 Å². The number of phenolic OH excluding ortho intramolecular Hbond substituents is 1. The predicted molar refractivity (Wildman–Crippen MR) is 120 cm³/mol. The molecule has 2 rings (SSSR count). The van der Waals surface area contributed by atoms with Gasteiger partial charge in [0.25, 0.3) is 10.0 Å². The molecule has 0 atom stereocenters. The van der Waals surface area contributed by atoms with Crippen molar-refractivity contribution >= 4 is 32.0 Å². The van der Waals surface area contributed by atoms with Crippen LogP contribution in [0.5, 0.6) is 5.75 Å². The minimum absolute atomic E-state index is 0.107. The maximum Gasteiger partial charge on any atom is 0.250 e. The Hall–Kier alpha value is -2.14. The maximum absolute atomic E-state index is 12.5. The van der Waals surface area contributed by atoms with Crippen LogP contribution in [0.25, 0.3) is 6.08 Å². The quantitative estimate of drug-likeness (QED) is 0.440. The van der Waals surface area contributed by atoms with Crippen LogP contribution >= 0.6 is 15.9 Å². The molecular weight excluding hydrogens is 452 g/mol. The van der Waals surface area contributed by atoms with Crippen LogP contribution in [-0.4, -0.2) is 20.1 Å². The Balaban J connectivity index is 2.18. The lowest BCUT2D eigenvalue weighted by Crippen LogP contribution is -2.26. The van der Waals surface area contributed by atoms with Crippen molar-refractivity contribution in [1.82, 2.24) is 4.72 Å². The van der Waals surface area contributed by atoms with E-state index < -0.39 is 10.0 Å². The number of nitriles is 1. The summed E-state index contributed by atoms with van der Waals surface area (Å²) in [6.07, 6.45) is 2.69. The van der Waals surface area contributed by atoms with Gasteiger partial charge in [-0.25, -0.2) is 13.1 Å². The molecule has 0 saturated heterocycles. The topological polar surface area (TPSA) is 90.2 Å². The number of allylic oxidation sites excluding steroid dienone is 1. The van der Waals surface area contributed by atoms with Crippen molar-refractivity contribution in [2.45, 2.75) is 39.0 Å². The fourth-order valence-corrected chi connectivity index (χ4v) is 4.28. The first kappa shape index (κ1) is 23.1. The second kappa shape index (κ2) is 9.57. The first-order chi connectivity index (χ1) is 13.5. The number of rotatable bonds is 7. The van der Waals surface area contributed by atoms with Gasteiger partial charge in [0.15, 0.2) is 4.91 Å². The molecule has 0 aromatic heterocycles. The van der Waals surface area contributed by atoms with Crippen LogP contribution in [0, 0.1) is 11.3 Å². The Bertz CT molecular complexity index is 1030. The second-order valence-corrected chi connectivity index (χ2v) is 10.3. The summed E-state index contributed by atoms with van der Waals surface area (Å²) in [6, 6.07) is 14.9. The van der Waals surface area contributed by atoms with Crippen LogP contribution in [0.4, 0.5) is 0 Å². The van der Waals surface area contributed by atoms with Gasteiger partial charge in [0, 0.05) is 12.1 Å². The van der Waals surface area contributed by atoms with Gasteiger partial charge in [0.05, 0.1) is 4.47 Å². The molecular formula is C22H25BrN2O3S. The van der Waals surface area contributed by atoms with Gasteiger partial charge in [-0.3, -0.25) is 0 Å². The van der Waals surface area contributed by atoms with Gasteiger partial charge in [0.1, 0.15) is 11.8 Å². The number of nitrogens with one attached hydrogen (secondary N) is 1. The van der Waals surface area contributed by atoms with Crippen LogP contribution in [0.2, 0.25) is 0 Å². The molecule has 0 spiro atoms. The molecule has 154 valence electrons. The number of nitrogens with zero attached hydrogens (tertiary/aromatic N) is 1. The predicted octanol–water partition coefficient (Wildman–Crippen LogP) is 4.87. The van der Waals surface area contributed by atoms with Crippen molar-refractivity contribution < 1.29 is 13.5 Å². The summed E-state index contributed by atoms with van der Waals surface area (Å²) in [4.78, 5) is -0.366. The molecule has 0 bridgehead atoms. The number of halogens is 1. The number of phenols is 1. The van der Waals surface area contributed by atoms with Crippen LogP contribution in [0.15, 0.2) is 51.8 Å². The Morgan fingerprint density at radius 3 is 2.48 bits per heavy atom. The van der Waals surface area contributed by atoms with Crippen molar-refractivity contribution in [3.8, 4) is 11.8 Å². The average Bonchev–Trinajstić information content (AvgIpc) is 2.65. The fourth-order valence-electron chi connectivity index (χ4n) is 2.82. The van der Waals surface area contributed by atoms with Crippen LogP contribution < -0.4 is 4.72 Å². The number of hydrogen-bond donors (Lipinski definition) is 2. The molecule has 0 aliphatic carbocycles. The highest BCUT2D eigenvalue weighted by atomic mass is 79.9. The van der Waals surface area contributed by atoms with E-state index in [0.717, 1.165) is 12.0 Å². The third-order valence-corrected chi connectivity index (χ3v) is 6.35. The Morgan fingerprint density at radius 2 is 1.90 bits per heavy atom. The SMILES string of the molecule is CC(C)(C)c1cc(/C=C(/C#N)S(=O)(=O)NCCCc2ccccc2)cc(Br)c1O. The molecule has 0 aliphatic heterocycles. The van der Waals surface area contributed by atoms with Crippen LogP contribution in [-0.2, 0) is 21.9 Å². The van der Waals surface area contributed by atoms with E-state index in [4.69, 9.17) is 0 Å². The fraction of sp³-hybridized carbons (Fsp3) is 0.318. The van der Waals surface area contributed by atoms with Crippen LogP contribution in [0.1, 0.15) is 43.9 Å². The third kappa shape index (κ3) is 6.43. The van der Waals surface area contributed by atoms with Gasteiger partial charge < -0.3 is 5.11 Å². The van der Waals surface area contributed by atoms with E-state index in [9.17, 15) is 18.8 Å². The van der Waals surface area contributed by atoms with Gasteiger partial charge in [-0.1, -0.05) is 51.1 Å². The highest BCUT2D eigenvalue weighted by molar-refractivity contribution is 9.10. The molecule has 0 unspecified atom stereocenters. The zero-order valence-corrected chi connectivity index (χ0v) is 19.1. The molecule has 29 heavy (non-hydrogen) atoms. The summed E-state index contributed by atoms with van der Waals surface area (Å²) in [5.41, 5.74) is 1.96. The van der Waals surface area contributed by atoms with Crippen LogP contribution in [0.3, 0.4) is 0 Å². The number of benzene rings is 2. The number of aromatic hydroxyl groups is 1. The Morgan fingerprint density at radius 1 is 1.24 bits per heavy atom. The minimum atomic E-state index is -3.92. The molecule has 5 nitrogen and oxygen atoms in total. The monoisotopic (exact) mass is 476 g/mol. The summed E-state index contributed by atoms with van der Waals surface area (Å²) in [7, 11) is -3.92. The Kier molecular flexibility index (Phi) is 7.64. The van der Waals surface area contributed by atoms with Gasteiger partial charge in [-0.05, 0) is 63.5 Å². The summed E-state index contributed by atoms with van der Waals surface area (Å²) in [5, 5.41) is 19.7. The summed E-state index contributed by atoms with van der Waals surface area (Å²) >= 11 is 3.30. The van der Waals surface area contributed by atoms with Crippen molar-refractivity contribution in [3.63, 3.8) is 0 Å². The molecule has 0 amide bonds. The van der Waals surface area contributed by atoms with E-state index in [-0.39, 0.29) is 22.6 Å². The van der Waals surface area contributed by atoms with E-state index in [1.165, 1.54) is 6.08 Å². The van der Waals surface area contributed by atoms with Gasteiger partial charge in [-0.15, -0.1) is 0 Å². The van der Waals surface area contributed by atoms with Crippen molar-refractivity contribution in [2.75, 3.05) is 6.54 Å². The molecule has 7 heteroatoms. The zero-order chi connectivity index (χ0) is 21.7. The van der Waals surface area contributed by atoms with Gasteiger partial charge in [0.2, 0.25) is 0 Å². The lowest BCUT2D eigenvalue weighted by molar-refractivity contribution is 0.443. The molecule has 0 fully saturated rings. The second-order valence-electron chi connectivity index (χ2n) is 7.76. The summed E-state index contributed by atoms with van der Waals surface area (Å²) in [6.45, 7) is 6.07. The third-order valence-electron chi connectivity index (χ3n) is 4.37.